The SMILES string of the molecule is CCCCCCCCCCCCCCCC(=O)CCC(=O)OC. The summed E-state index contributed by atoms with van der Waals surface area (Å²) in [7, 11) is 1.36. The van der Waals surface area contributed by atoms with E-state index in [4.69, 9.17) is 0 Å². The largest absolute Gasteiger partial charge is 0.469 e. The van der Waals surface area contributed by atoms with E-state index in [-0.39, 0.29) is 18.2 Å². The molecule has 136 valence electrons. The van der Waals surface area contributed by atoms with Gasteiger partial charge >= 0.3 is 5.97 Å². The summed E-state index contributed by atoms with van der Waals surface area (Å²) in [4.78, 5) is 22.5. The molecule has 0 rings (SSSR count). The number of hydrogen-bond acceptors (Lipinski definition) is 3. The molecule has 0 spiro atoms. The number of Topliss-reactive ketones (excluding diaryl/α,β-unsaturated/α-hetero) is 1. The quantitative estimate of drug-likeness (QED) is 0.243. The highest BCUT2D eigenvalue weighted by Gasteiger charge is 2.06. The van der Waals surface area contributed by atoms with Gasteiger partial charge in [0.2, 0.25) is 0 Å². The van der Waals surface area contributed by atoms with Crippen LogP contribution in [-0.2, 0) is 14.3 Å². The molecule has 0 aliphatic carbocycles. The van der Waals surface area contributed by atoms with E-state index in [0.717, 1.165) is 12.8 Å². The average molecular weight is 327 g/mol. The lowest BCUT2D eigenvalue weighted by Gasteiger charge is -2.03. The highest BCUT2D eigenvalue weighted by Crippen LogP contribution is 2.13. The van der Waals surface area contributed by atoms with E-state index in [9.17, 15) is 9.59 Å². The molecule has 0 unspecified atom stereocenters. The Balaban J connectivity index is 3.15. The van der Waals surface area contributed by atoms with Gasteiger partial charge in [-0.1, -0.05) is 84.0 Å². The highest BCUT2D eigenvalue weighted by atomic mass is 16.5. The van der Waals surface area contributed by atoms with Crippen LogP contribution in [0.4, 0.5) is 0 Å². The fourth-order valence-electron chi connectivity index (χ4n) is 2.81. The van der Waals surface area contributed by atoms with Crippen molar-refractivity contribution in [2.45, 2.75) is 110 Å². The molecule has 0 saturated carbocycles. The second-order valence-electron chi connectivity index (χ2n) is 6.61. The van der Waals surface area contributed by atoms with Crippen LogP contribution in [0.3, 0.4) is 0 Å². The Kier molecular flexibility index (Phi) is 16.8. The van der Waals surface area contributed by atoms with Gasteiger partial charge < -0.3 is 4.74 Å². The summed E-state index contributed by atoms with van der Waals surface area (Å²) in [6.45, 7) is 2.26. The van der Waals surface area contributed by atoms with E-state index in [0.29, 0.717) is 12.8 Å². The minimum Gasteiger partial charge on any atom is -0.469 e. The minimum atomic E-state index is -0.288. The second-order valence-corrected chi connectivity index (χ2v) is 6.61. The normalized spacial score (nSPS) is 10.7. The molecule has 0 aliphatic heterocycles. The summed E-state index contributed by atoms with van der Waals surface area (Å²) in [5.41, 5.74) is 0. The van der Waals surface area contributed by atoms with Crippen LogP contribution in [-0.4, -0.2) is 18.9 Å². The molecular weight excluding hydrogens is 288 g/mol. The zero-order chi connectivity index (χ0) is 17.2. The van der Waals surface area contributed by atoms with Crippen LogP contribution in [0.1, 0.15) is 110 Å². The van der Waals surface area contributed by atoms with Crippen molar-refractivity contribution in [2.24, 2.45) is 0 Å². The number of methoxy groups -OCH3 is 1. The van der Waals surface area contributed by atoms with E-state index < -0.39 is 0 Å². The van der Waals surface area contributed by atoms with Gasteiger partial charge in [-0.3, -0.25) is 9.59 Å². The lowest BCUT2D eigenvalue weighted by atomic mass is 10.0. The Morgan fingerprint density at radius 2 is 1.04 bits per heavy atom. The van der Waals surface area contributed by atoms with E-state index >= 15 is 0 Å². The number of carbonyl (C=O) groups excluding carboxylic acids is 2. The fourth-order valence-corrected chi connectivity index (χ4v) is 2.81. The molecule has 0 aromatic carbocycles. The maximum atomic E-state index is 11.6. The minimum absolute atomic E-state index is 0.193. The Bertz CT molecular complexity index is 287. The van der Waals surface area contributed by atoms with E-state index in [2.05, 4.69) is 11.7 Å². The number of ketones is 1. The maximum absolute atomic E-state index is 11.6. The number of rotatable bonds is 17. The molecule has 0 fully saturated rings. The van der Waals surface area contributed by atoms with Gasteiger partial charge in [0.25, 0.3) is 0 Å². The van der Waals surface area contributed by atoms with Gasteiger partial charge in [-0.2, -0.15) is 0 Å². The molecule has 0 N–H and O–H groups in total. The first kappa shape index (κ1) is 22.1. The number of carbonyl (C=O) groups is 2. The van der Waals surface area contributed by atoms with Crippen LogP contribution in [0.15, 0.2) is 0 Å². The van der Waals surface area contributed by atoms with Crippen LogP contribution >= 0.6 is 0 Å². The number of esters is 1. The maximum Gasteiger partial charge on any atom is 0.305 e. The lowest BCUT2D eigenvalue weighted by Crippen LogP contribution is -2.05. The predicted octanol–water partition coefficient (Wildman–Crippen LogP) is 5.99. The molecule has 0 aliphatic rings. The molecule has 3 nitrogen and oxygen atoms in total. The third-order valence-corrected chi connectivity index (χ3v) is 4.39. The first-order valence-electron chi connectivity index (χ1n) is 9.79. The third-order valence-electron chi connectivity index (χ3n) is 4.39. The van der Waals surface area contributed by atoms with Gasteiger partial charge in [0.1, 0.15) is 5.78 Å². The molecule has 23 heavy (non-hydrogen) atoms. The van der Waals surface area contributed by atoms with Crippen molar-refractivity contribution in [1.29, 1.82) is 0 Å². The van der Waals surface area contributed by atoms with Gasteiger partial charge in [0.05, 0.1) is 13.5 Å². The van der Waals surface area contributed by atoms with Crippen LogP contribution in [0.2, 0.25) is 0 Å². The number of ether oxygens (including phenoxy) is 1. The van der Waals surface area contributed by atoms with Crippen LogP contribution in [0.25, 0.3) is 0 Å². The van der Waals surface area contributed by atoms with Gasteiger partial charge in [-0.05, 0) is 6.42 Å². The van der Waals surface area contributed by atoms with E-state index in [1.54, 1.807) is 0 Å². The third kappa shape index (κ3) is 17.3. The predicted molar refractivity (Wildman–Crippen MR) is 96.6 cm³/mol. The van der Waals surface area contributed by atoms with Crippen LogP contribution in [0, 0.1) is 0 Å². The van der Waals surface area contributed by atoms with Crippen molar-refractivity contribution in [3.8, 4) is 0 Å². The van der Waals surface area contributed by atoms with Gasteiger partial charge in [0, 0.05) is 12.8 Å². The molecule has 0 radical (unpaired) electrons. The summed E-state index contributed by atoms with van der Waals surface area (Å²) >= 11 is 0. The molecular formula is C20H38O3. The Labute approximate surface area is 143 Å². The second kappa shape index (κ2) is 17.5. The number of hydrogen-bond donors (Lipinski definition) is 0. The molecule has 0 saturated heterocycles. The summed E-state index contributed by atoms with van der Waals surface area (Å²) < 4.78 is 4.53. The van der Waals surface area contributed by atoms with Crippen LogP contribution in [0.5, 0.6) is 0 Å². The zero-order valence-corrected chi connectivity index (χ0v) is 15.5. The fraction of sp³-hybridized carbons (Fsp3) is 0.900. The molecule has 0 aromatic rings. The smallest absolute Gasteiger partial charge is 0.305 e. The van der Waals surface area contributed by atoms with Crippen molar-refractivity contribution < 1.29 is 14.3 Å². The Morgan fingerprint density at radius 1 is 0.609 bits per heavy atom. The van der Waals surface area contributed by atoms with Crippen LogP contribution < -0.4 is 0 Å². The average Bonchev–Trinajstić information content (AvgIpc) is 2.56. The molecule has 3 heteroatoms. The Morgan fingerprint density at radius 3 is 1.48 bits per heavy atom. The van der Waals surface area contributed by atoms with Crippen molar-refractivity contribution >= 4 is 11.8 Å². The van der Waals surface area contributed by atoms with Gasteiger partial charge in [-0.25, -0.2) is 0 Å². The molecule has 0 bridgehead atoms. The first-order chi connectivity index (χ1) is 11.2. The standard InChI is InChI=1S/C20H38O3/c1-3-4-5-6-7-8-9-10-11-12-13-14-15-16-19(21)17-18-20(22)23-2/h3-18H2,1-2H3. The molecule has 0 atom stereocenters. The molecule has 0 heterocycles. The van der Waals surface area contributed by atoms with E-state index in [1.807, 2.05) is 0 Å². The number of unbranched alkanes of at least 4 members (excludes halogenated alkanes) is 12. The first-order valence-corrected chi connectivity index (χ1v) is 9.79. The van der Waals surface area contributed by atoms with Crippen molar-refractivity contribution in [3.63, 3.8) is 0 Å². The summed E-state index contributed by atoms with van der Waals surface area (Å²) in [5.74, 6) is -0.0952. The topological polar surface area (TPSA) is 43.4 Å². The summed E-state index contributed by atoms with van der Waals surface area (Å²) in [6.07, 6.45) is 18.3. The van der Waals surface area contributed by atoms with Crippen molar-refractivity contribution in [3.05, 3.63) is 0 Å². The Hall–Kier alpha value is -0.860. The van der Waals surface area contributed by atoms with Crippen molar-refractivity contribution in [2.75, 3.05) is 7.11 Å². The molecule has 0 aromatic heterocycles. The summed E-state index contributed by atoms with van der Waals surface area (Å²) in [5, 5.41) is 0. The molecule has 0 amide bonds. The lowest BCUT2D eigenvalue weighted by molar-refractivity contribution is -0.141. The zero-order valence-electron chi connectivity index (χ0n) is 15.5. The van der Waals surface area contributed by atoms with Gasteiger partial charge in [0.15, 0.2) is 0 Å². The van der Waals surface area contributed by atoms with E-state index in [1.165, 1.54) is 77.7 Å². The summed E-state index contributed by atoms with van der Waals surface area (Å²) in [6, 6.07) is 0. The van der Waals surface area contributed by atoms with Gasteiger partial charge in [-0.15, -0.1) is 0 Å². The monoisotopic (exact) mass is 326 g/mol. The highest BCUT2D eigenvalue weighted by molar-refractivity contribution is 5.82. The van der Waals surface area contributed by atoms with Crippen molar-refractivity contribution in [1.82, 2.24) is 0 Å².